The highest BCUT2D eigenvalue weighted by Crippen LogP contribution is 2.24. The van der Waals surface area contributed by atoms with Gasteiger partial charge in [-0.2, -0.15) is 0 Å². The molecule has 1 saturated carbocycles. The third-order valence-electron chi connectivity index (χ3n) is 3.21. The summed E-state index contributed by atoms with van der Waals surface area (Å²) in [5.74, 6) is -0.833. The molecule has 2 N–H and O–H groups in total. The first-order valence-electron chi connectivity index (χ1n) is 5.96. The van der Waals surface area contributed by atoms with Crippen LogP contribution in [-0.4, -0.2) is 46.8 Å². The van der Waals surface area contributed by atoms with Crippen LogP contribution in [0.4, 0.5) is 0 Å². The van der Waals surface area contributed by atoms with E-state index in [1.807, 2.05) is 6.92 Å². The molecule has 0 bridgehead atoms. The number of rotatable bonds is 7. The van der Waals surface area contributed by atoms with E-state index in [0.29, 0.717) is 31.1 Å². The molecule has 92 valence electrons. The third kappa shape index (κ3) is 3.61. The van der Waals surface area contributed by atoms with Crippen molar-refractivity contribution in [2.24, 2.45) is 0 Å². The minimum atomic E-state index is -0.833. The molecular weight excluding hydrogens is 206 g/mol. The number of hydrogen-bond acceptors (Lipinski definition) is 3. The fourth-order valence-electron chi connectivity index (χ4n) is 1.91. The van der Waals surface area contributed by atoms with E-state index in [4.69, 9.17) is 10.2 Å². The summed E-state index contributed by atoms with van der Waals surface area (Å²) in [6.07, 6.45) is 5.91. The van der Waals surface area contributed by atoms with Gasteiger partial charge in [0.1, 0.15) is 0 Å². The van der Waals surface area contributed by atoms with Crippen LogP contribution in [0.25, 0.3) is 0 Å². The molecular formula is C12H21NO3. The fourth-order valence-corrected chi connectivity index (χ4v) is 1.91. The molecule has 0 aromatic rings. The molecule has 4 heteroatoms. The monoisotopic (exact) mass is 227 g/mol. The van der Waals surface area contributed by atoms with Gasteiger partial charge in [-0.3, -0.25) is 4.90 Å². The van der Waals surface area contributed by atoms with Gasteiger partial charge in [0.25, 0.3) is 0 Å². The smallest absolute Gasteiger partial charge is 0.331 e. The first kappa shape index (κ1) is 13.2. The van der Waals surface area contributed by atoms with Gasteiger partial charge in [-0.15, -0.1) is 0 Å². The fraction of sp³-hybridized carbons (Fsp3) is 0.750. The normalized spacial score (nSPS) is 17.6. The summed E-state index contributed by atoms with van der Waals surface area (Å²) in [6, 6.07) is 0.537. The van der Waals surface area contributed by atoms with E-state index < -0.39 is 5.97 Å². The van der Waals surface area contributed by atoms with E-state index in [9.17, 15) is 4.79 Å². The Morgan fingerprint density at radius 3 is 2.56 bits per heavy atom. The zero-order chi connectivity index (χ0) is 12.0. The summed E-state index contributed by atoms with van der Waals surface area (Å²) in [7, 11) is 0. The van der Waals surface area contributed by atoms with Gasteiger partial charge in [0.05, 0.1) is 6.61 Å². The van der Waals surface area contributed by atoms with Crippen molar-refractivity contribution in [3.05, 3.63) is 11.6 Å². The zero-order valence-corrected chi connectivity index (χ0v) is 9.85. The molecule has 0 atom stereocenters. The number of hydrogen-bond donors (Lipinski definition) is 2. The van der Waals surface area contributed by atoms with E-state index in [0.717, 1.165) is 0 Å². The van der Waals surface area contributed by atoms with Gasteiger partial charge in [0, 0.05) is 24.7 Å². The Morgan fingerprint density at radius 1 is 1.50 bits per heavy atom. The first-order valence-corrected chi connectivity index (χ1v) is 5.96. The number of carboxylic acids is 1. The summed E-state index contributed by atoms with van der Waals surface area (Å²) >= 11 is 0. The Labute approximate surface area is 96.6 Å². The van der Waals surface area contributed by atoms with E-state index in [1.54, 1.807) is 6.08 Å². The Hall–Kier alpha value is -0.870. The van der Waals surface area contributed by atoms with Crippen molar-refractivity contribution in [2.45, 2.75) is 38.6 Å². The van der Waals surface area contributed by atoms with Crippen LogP contribution in [0.3, 0.4) is 0 Å². The number of aliphatic hydroxyl groups is 1. The highest BCUT2D eigenvalue weighted by molar-refractivity contribution is 5.86. The second-order valence-electron chi connectivity index (χ2n) is 4.19. The van der Waals surface area contributed by atoms with E-state index >= 15 is 0 Å². The largest absolute Gasteiger partial charge is 0.478 e. The van der Waals surface area contributed by atoms with Gasteiger partial charge >= 0.3 is 5.97 Å². The van der Waals surface area contributed by atoms with Crippen molar-refractivity contribution < 1.29 is 15.0 Å². The van der Waals surface area contributed by atoms with Gasteiger partial charge in [0.2, 0.25) is 0 Å². The summed E-state index contributed by atoms with van der Waals surface area (Å²) < 4.78 is 0. The maximum atomic E-state index is 10.8. The molecule has 0 unspecified atom stereocenters. The van der Waals surface area contributed by atoms with Crippen molar-refractivity contribution in [3.63, 3.8) is 0 Å². The van der Waals surface area contributed by atoms with Gasteiger partial charge in [-0.25, -0.2) is 4.79 Å². The lowest BCUT2D eigenvalue weighted by Crippen LogP contribution is -2.41. The predicted octanol–water partition coefficient (Wildman–Crippen LogP) is 1.25. The average molecular weight is 227 g/mol. The number of carboxylic acid groups (broad SMARTS) is 1. The van der Waals surface area contributed by atoms with E-state index in [2.05, 4.69) is 4.90 Å². The van der Waals surface area contributed by atoms with Crippen LogP contribution in [0.1, 0.15) is 32.6 Å². The molecule has 0 heterocycles. The molecule has 1 rings (SSSR count). The molecule has 1 aliphatic rings. The minimum absolute atomic E-state index is 0.138. The molecule has 0 aromatic carbocycles. The van der Waals surface area contributed by atoms with Gasteiger partial charge in [0.15, 0.2) is 0 Å². The molecule has 1 fully saturated rings. The zero-order valence-electron chi connectivity index (χ0n) is 9.85. The maximum Gasteiger partial charge on any atom is 0.331 e. The SMILES string of the molecule is CCC(=CCN(CCO)C1CCC1)C(=O)O. The van der Waals surface area contributed by atoms with Crippen molar-refractivity contribution in [1.29, 1.82) is 0 Å². The Kier molecular flexibility index (Phi) is 5.49. The molecule has 1 aliphatic carbocycles. The van der Waals surface area contributed by atoms with Crippen LogP contribution in [0.15, 0.2) is 11.6 Å². The lowest BCUT2D eigenvalue weighted by molar-refractivity contribution is -0.132. The first-order chi connectivity index (χ1) is 7.69. The van der Waals surface area contributed by atoms with Crippen LogP contribution in [0.5, 0.6) is 0 Å². The minimum Gasteiger partial charge on any atom is -0.478 e. The van der Waals surface area contributed by atoms with Gasteiger partial charge in [-0.05, 0) is 19.3 Å². The topological polar surface area (TPSA) is 60.8 Å². The summed E-state index contributed by atoms with van der Waals surface area (Å²) in [5.41, 5.74) is 0.460. The predicted molar refractivity (Wildman–Crippen MR) is 62.3 cm³/mol. The lowest BCUT2D eigenvalue weighted by Gasteiger charge is -2.36. The summed E-state index contributed by atoms with van der Waals surface area (Å²) in [4.78, 5) is 13.0. The van der Waals surface area contributed by atoms with Crippen LogP contribution < -0.4 is 0 Å². The standard InChI is InChI=1S/C12H21NO3/c1-2-10(12(15)16)6-7-13(8-9-14)11-4-3-5-11/h6,11,14H,2-5,7-9H2,1H3,(H,15,16). The lowest BCUT2D eigenvalue weighted by atomic mass is 9.91. The van der Waals surface area contributed by atoms with Crippen LogP contribution in [0.2, 0.25) is 0 Å². The Morgan fingerprint density at radius 2 is 2.19 bits per heavy atom. The van der Waals surface area contributed by atoms with E-state index in [-0.39, 0.29) is 6.61 Å². The highest BCUT2D eigenvalue weighted by atomic mass is 16.4. The van der Waals surface area contributed by atoms with Crippen LogP contribution in [0, 0.1) is 0 Å². The summed E-state index contributed by atoms with van der Waals surface area (Å²) in [6.45, 7) is 3.26. The van der Waals surface area contributed by atoms with Crippen LogP contribution in [-0.2, 0) is 4.79 Å². The Balaban J connectivity index is 2.49. The molecule has 4 nitrogen and oxygen atoms in total. The number of carbonyl (C=O) groups is 1. The molecule has 16 heavy (non-hydrogen) atoms. The molecule has 0 aromatic heterocycles. The quantitative estimate of drug-likeness (QED) is 0.643. The van der Waals surface area contributed by atoms with Crippen molar-refractivity contribution >= 4 is 5.97 Å². The van der Waals surface area contributed by atoms with Crippen molar-refractivity contribution in [2.75, 3.05) is 19.7 Å². The Bertz CT molecular complexity index is 259. The van der Waals surface area contributed by atoms with Gasteiger partial charge < -0.3 is 10.2 Å². The van der Waals surface area contributed by atoms with Crippen molar-refractivity contribution in [1.82, 2.24) is 4.90 Å². The second kappa shape index (κ2) is 6.66. The molecule has 0 spiro atoms. The molecule has 0 amide bonds. The number of aliphatic carboxylic acids is 1. The number of aliphatic hydroxyl groups excluding tert-OH is 1. The average Bonchev–Trinajstić information content (AvgIpc) is 2.15. The highest BCUT2D eigenvalue weighted by Gasteiger charge is 2.23. The van der Waals surface area contributed by atoms with Gasteiger partial charge in [-0.1, -0.05) is 19.4 Å². The molecule has 0 radical (unpaired) electrons. The summed E-state index contributed by atoms with van der Waals surface area (Å²) in [5, 5.41) is 17.8. The second-order valence-corrected chi connectivity index (χ2v) is 4.19. The van der Waals surface area contributed by atoms with Crippen LogP contribution >= 0.6 is 0 Å². The third-order valence-corrected chi connectivity index (χ3v) is 3.21. The van der Waals surface area contributed by atoms with E-state index in [1.165, 1.54) is 19.3 Å². The molecule has 0 aliphatic heterocycles. The number of nitrogens with zero attached hydrogens (tertiary/aromatic N) is 1. The molecule has 0 saturated heterocycles. The maximum absolute atomic E-state index is 10.8. The van der Waals surface area contributed by atoms with Crippen molar-refractivity contribution in [3.8, 4) is 0 Å².